The Morgan fingerprint density at radius 3 is 2.52 bits per heavy atom. The van der Waals surface area contributed by atoms with Gasteiger partial charge in [0, 0.05) is 63.6 Å². The van der Waals surface area contributed by atoms with Crippen LogP contribution in [0.1, 0.15) is 12.0 Å². The number of carbonyl (C=O) groups excluding carboxylic acids is 1. The van der Waals surface area contributed by atoms with Gasteiger partial charge in [-0.15, -0.1) is 0 Å². The van der Waals surface area contributed by atoms with Crippen LogP contribution < -0.4 is 16.0 Å². The van der Waals surface area contributed by atoms with Crippen molar-refractivity contribution >= 4 is 28.4 Å². The van der Waals surface area contributed by atoms with E-state index in [1.54, 1.807) is 25.2 Å². The summed E-state index contributed by atoms with van der Waals surface area (Å²) in [5.41, 5.74) is 4.35. The van der Waals surface area contributed by atoms with E-state index in [-0.39, 0.29) is 5.91 Å². The van der Waals surface area contributed by atoms with Crippen molar-refractivity contribution in [1.29, 1.82) is 0 Å². The van der Waals surface area contributed by atoms with E-state index in [0.29, 0.717) is 23.2 Å². The number of rotatable bonds is 5. The van der Waals surface area contributed by atoms with E-state index in [0.717, 1.165) is 32.7 Å². The van der Waals surface area contributed by atoms with Crippen LogP contribution in [0.2, 0.25) is 0 Å². The maximum atomic E-state index is 12.3. The van der Waals surface area contributed by atoms with Crippen molar-refractivity contribution in [2.24, 2.45) is 7.05 Å². The molecule has 1 fully saturated rings. The van der Waals surface area contributed by atoms with E-state index in [2.05, 4.69) is 46.3 Å². The molecule has 0 aliphatic carbocycles. The highest BCUT2D eigenvalue weighted by Gasteiger charge is 2.18. The molecule has 0 atom stereocenters. The molecule has 0 saturated carbocycles. The zero-order valence-electron chi connectivity index (χ0n) is 16.9. The number of aryl methyl sites for hydroxylation is 2. The van der Waals surface area contributed by atoms with Gasteiger partial charge in [0.15, 0.2) is 5.58 Å². The van der Waals surface area contributed by atoms with Gasteiger partial charge in [-0.25, -0.2) is 4.79 Å². The van der Waals surface area contributed by atoms with Crippen molar-refractivity contribution in [1.82, 2.24) is 9.47 Å². The third-order valence-corrected chi connectivity index (χ3v) is 5.50. The summed E-state index contributed by atoms with van der Waals surface area (Å²) in [6, 6.07) is 13.9. The van der Waals surface area contributed by atoms with Gasteiger partial charge < -0.3 is 14.6 Å². The Morgan fingerprint density at radius 2 is 1.79 bits per heavy atom. The van der Waals surface area contributed by atoms with Crippen molar-refractivity contribution in [2.75, 3.05) is 42.9 Å². The fourth-order valence-corrected chi connectivity index (χ4v) is 3.68. The highest BCUT2D eigenvalue weighted by molar-refractivity contribution is 5.92. The number of nitrogens with one attached hydrogen (secondary N) is 1. The SMILES string of the molecule is Cc1ccc(N2CCN(CCC(=O)Nc3ccc4c(c3)oc(=O)n4C)CC2)cc1. The van der Waals surface area contributed by atoms with E-state index in [1.807, 2.05) is 0 Å². The molecule has 0 unspecified atom stereocenters. The fraction of sp³-hybridized carbons (Fsp3) is 0.364. The molecule has 2 heterocycles. The second-order valence-electron chi connectivity index (χ2n) is 7.57. The molecule has 1 saturated heterocycles. The molecule has 1 aliphatic heterocycles. The number of benzene rings is 2. The highest BCUT2D eigenvalue weighted by Crippen LogP contribution is 2.19. The minimum absolute atomic E-state index is 0.0383. The molecule has 1 amide bonds. The maximum Gasteiger partial charge on any atom is 0.419 e. The Bertz CT molecular complexity index is 1060. The Labute approximate surface area is 169 Å². The average Bonchev–Trinajstić information content (AvgIpc) is 3.00. The van der Waals surface area contributed by atoms with E-state index < -0.39 is 5.76 Å². The normalized spacial score (nSPS) is 15.0. The van der Waals surface area contributed by atoms with Gasteiger partial charge in [0.1, 0.15) is 0 Å². The van der Waals surface area contributed by atoms with Gasteiger partial charge in [-0.1, -0.05) is 17.7 Å². The quantitative estimate of drug-likeness (QED) is 0.720. The molecule has 1 aromatic heterocycles. The lowest BCUT2D eigenvalue weighted by molar-refractivity contribution is -0.116. The van der Waals surface area contributed by atoms with Crippen LogP contribution in [-0.4, -0.2) is 48.1 Å². The molecule has 7 nitrogen and oxygen atoms in total. The number of aromatic nitrogens is 1. The lowest BCUT2D eigenvalue weighted by Crippen LogP contribution is -2.47. The van der Waals surface area contributed by atoms with Crippen molar-refractivity contribution in [2.45, 2.75) is 13.3 Å². The summed E-state index contributed by atoms with van der Waals surface area (Å²) < 4.78 is 6.61. The Balaban J connectivity index is 1.26. The van der Waals surface area contributed by atoms with Crippen LogP contribution in [-0.2, 0) is 11.8 Å². The zero-order chi connectivity index (χ0) is 20.4. The third-order valence-electron chi connectivity index (χ3n) is 5.50. The number of fused-ring (bicyclic) bond motifs is 1. The van der Waals surface area contributed by atoms with E-state index in [9.17, 15) is 9.59 Å². The summed E-state index contributed by atoms with van der Waals surface area (Å²) in [7, 11) is 1.66. The van der Waals surface area contributed by atoms with Crippen molar-refractivity contribution in [3.05, 3.63) is 58.6 Å². The number of hydrogen-bond acceptors (Lipinski definition) is 5. The van der Waals surface area contributed by atoms with Crippen LogP contribution in [0, 0.1) is 6.92 Å². The number of oxazole rings is 1. The molecule has 7 heteroatoms. The maximum absolute atomic E-state index is 12.3. The molecule has 0 bridgehead atoms. The summed E-state index contributed by atoms with van der Waals surface area (Å²) in [4.78, 5) is 28.6. The molecule has 1 aliphatic rings. The average molecular weight is 394 g/mol. The molecule has 1 N–H and O–H groups in total. The largest absolute Gasteiger partial charge is 0.419 e. The molecular formula is C22H26N4O3. The summed E-state index contributed by atoms with van der Waals surface area (Å²) in [5, 5.41) is 2.89. The molecule has 152 valence electrons. The first kappa shape index (κ1) is 19.3. The second-order valence-corrected chi connectivity index (χ2v) is 7.57. The molecule has 0 radical (unpaired) electrons. The van der Waals surface area contributed by atoms with Crippen LogP contribution in [0.15, 0.2) is 51.7 Å². The van der Waals surface area contributed by atoms with Gasteiger partial charge in [0.05, 0.1) is 5.52 Å². The predicted molar refractivity (Wildman–Crippen MR) is 115 cm³/mol. The first-order chi connectivity index (χ1) is 14.0. The first-order valence-corrected chi connectivity index (χ1v) is 9.93. The lowest BCUT2D eigenvalue weighted by Gasteiger charge is -2.36. The zero-order valence-corrected chi connectivity index (χ0v) is 16.9. The topological polar surface area (TPSA) is 70.7 Å². The van der Waals surface area contributed by atoms with E-state index in [1.165, 1.54) is 15.8 Å². The number of anilines is 2. The molecule has 29 heavy (non-hydrogen) atoms. The molecular weight excluding hydrogens is 368 g/mol. The van der Waals surface area contributed by atoms with Gasteiger partial charge >= 0.3 is 5.76 Å². The van der Waals surface area contributed by atoms with Gasteiger partial charge in [0.25, 0.3) is 0 Å². The fourth-order valence-electron chi connectivity index (χ4n) is 3.68. The van der Waals surface area contributed by atoms with Crippen LogP contribution >= 0.6 is 0 Å². The Hall–Kier alpha value is -3.06. The summed E-state index contributed by atoms with van der Waals surface area (Å²) in [6.45, 7) is 6.66. The van der Waals surface area contributed by atoms with Gasteiger partial charge in [-0.2, -0.15) is 0 Å². The monoisotopic (exact) mass is 394 g/mol. The number of nitrogens with zero attached hydrogens (tertiary/aromatic N) is 3. The number of hydrogen-bond donors (Lipinski definition) is 1. The van der Waals surface area contributed by atoms with Gasteiger partial charge in [0.2, 0.25) is 5.91 Å². The number of amides is 1. The number of carbonyl (C=O) groups is 1. The van der Waals surface area contributed by atoms with Gasteiger partial charge in [-0.3, -0.25) is 14.3 Å². The minimum atomic E-state index is -0.409. The summed E-state index contributed by atoms with van der Waals surface area (Å²) >= 11 is 0. The van der Waals surface area contributed by atoms with Crippen molar-refractivity contribution in [3.63, 3.8) is 0 Å². The lowest BCUT2D eigenvalue weighted by atomic mass is 10.2. The first-order valence-electron chi connectivity index (χ1n) is 9.93. The predicted octanol–water partition coefficient (Wildman–Crippen LogP) is 2.59. The Kier molecular flexibility index (Phi) is 5.40. The standard InChI is InChI=1S/C22H26N4O3/c1-16-3-6-18(7-4-16)26-13-11-25(12-14-26)10-9-21(27)23-17-5-8-19-20(15-17)29-22(28)24(19)2/h3-8,15H,9-14H2,1-2H3,(H,23,27). The molecule has 4 rings (SSSR count). The van der Waals surface area contributed by atoms with Crippen LogP contribution in [0.3, 0.4) is 0 Å². The smallest absolute Gasteiger partial charge is 0.408 e. The molecule has 3 aromatic rings. The Morgan fingerprint density at radius 1 is 1.07 bits per heavy atom. The van der Waals surface area contributed by atoms with Crippen molar-refractivity contribution in [3.8, 4) is 0 Å². The minimum Gasteiger partial charge on any atom is -0.408 e. The number of piperazine rings is 1. The van der Waals surface area contributed by atoms with Crippen molar-refractivity contribution < 1.29 is 9.21 Å². The molecule has 0 spiro atoms. The van der Waals surface area contributed by atoms with Gasteiger partial charge in [-0.05, 0) is 31.2 Å². The summed E-state index contributed by atoms with van der Waals surface area (Å²) in [6.07, 6.45) is 0.432. The third kappa shape index (κ3) is 4.35. The second kappa shape index (κ2) is 8.13. The van der Waals surface area contributed by atoms with Crippen LogP contribution in [0.5, 0.6) is 0 Å². The summed E-state index contributed by atoms with van der Waals surface area (Å²) in [5.74, 6) is -0.447. The van der Waals surface area contributed by atoms with Crippen LogP contribution in [0.25, 0.3) is 11.1 Å². The highest BCUT2D eigenvalue weighted by atomic mass is 16.4. The van der Waals surface area contributed by atoms with Crippen LogP contribution in [0.4, 0.5) is 11.4 Å². The molecule has 2 aromatic carbocycles. The van der Waals surface area contributed by atoms with E-state index in [4.69, 9.17) is 4.42 Å². The van der Waals surface area contributed by atoms with E-state index >= 15 is 0 Å².